The molecule has 2 atom stereocenters. The topological polar surface area (TPSA) is 118 Å². The molecule has 25 heavy (non-hydrogen) atoms. The number of amides is 1. The average molecular weight is 343 g/mol. The Hall–Kier alpha value is -2.93. The molecular formula is C18H21N3O4. The summed E-state index contributed by atoms with van der Waals surface area (Å²) in [6.07, 6.45) is -0.0219. The van der Waals surface area contributed by atoms with Crippen molar-refractivity contribution < 1.29 is 14.8 Å². The molecule has 4 N–H and O–H groups in total. The highest BCUT2D eigenvalue weighted by atomic mass is 16.6. The molecule has 0 saturated carbocycles. The number of nitrogen functional groups attached to an aromatic ring is 1. The summed E-state index contributed by atoms with van der Waals surface area (Å²) in [5.41, 5.74) is 6.44. The van der Waals surface area contributed by atoms with Crippen LogP contribution in [0.3, 0.4) is 0 Å². The van der Waals surface area contributed by atoms with Gasteiger partial charge in [-0.3, -0.25) is 14.9 Å². The average Bonchev–Trinajstić information content (AvgIpc) is 2.59. The number of rotatable bonds is 7. The monoisotopic (exact) mass is 343 g/mol. The molecule has 0 aliphatic rings. The number of carbonyl (C=O) groups excluding carboxylic acids is 1. The number of hydrogen-bond donors (Lipinski definition) is 3. The zero-order chi connectivity index (χ0) is 18.4. The maximum Gasteiger partial charge on any atom is 0.292 e. The number of nitro groups is 1. The van der Waals surface area contributed by atoms with Gasteiger partial charge in [-0.2, -0.15) is 0 Å². The van der Waals surface area contributed by atoms with Crippen molar-refractivity contribution >= 4 is 17.3 Å². The van der Waals surface area contributed by atoms with Crippen molar-refractivity contribution in [3.8, 4) is 0 Å². The van der Waals surface area contributed by atoms with Gasteiger partial charge in [-0.25, -0.2) is 0 Å². The van der Waals surface area contributed by atoms with Gasteiger partial charge in [0.15, 0.2) is 0 Å². The molecule has 7 nitrogen and oxygen atoms in total. The standard InChI is InChI=1S/C18H21N3O4/c1-12(22)9-15(13-5-3-2-4-6-13)11-20-18(23)14-7-8-16(19)17(10-14)21(24)25/h2-8,10,12,15,22H,9,11,19H2,1H3,(H,20,23). The fourth-order valence-electron chi connectivity index (χ4n) is 2.64. The third-order valence-corrected chi connectivity index (χ3v) is 3.89. The van der Waals surface area contributed by atoms with Gasteiger partial charge in [0, 0.05) is 24.1 Å². The van der Waals surface area contributed by atoms with E-state index in [1.165, 1.54) is 12.1 Å². The fraction of sp³-hybridized carbons (Fsp3) is 0.278. The van der Waals surface area contributed by atoms with Crippen LogP contribution < -0.4 is 11.1 Å². The Kier molecular flexibility index (Phi) is 6.08. The number of hydrogen-bond acceptors (Lipinski definition) is 5. The van der Waals surface area contributed by atoms with Crippen LogP contribution >= 0.6 is 0 Å². The summed E-state index contributed by atoms with van der Waals surface area (Å²) in [6.45, 7) is 2.01. The Bertz CT molecular complexity index is 747. The van der Waals surface area contributed by atoms with E-state index >= 15 is 0 Å². The van der Waals surface area contributed by atoms with Crippen LogP contribution in [0.25, 0.3) is 0 Å². The number of nitrogens with one attached hydrogen (secondary N) is 1. The number of anilines is 1. The maximum atomic E-state index is 12.3. The zero-order valence-electron chi connectivity index (χ0n) is 13.9. The van der Waals surface area contributed by atoms with Gasteiger partial charge in [0.05, 0.1) is 11.0 Å². The number of aliphatic hydroxyl groups is 1. The summed E-state index contributed by atoms with van der Waals surface area (Å²) < 4.78 is 0. The molecule has 132 valence electrons. The molecule has 0 bridgehead atoms. The molecule has 0 fully saturated rings. The highest BCUT2D eigenvalue weighted by Crippen LogP contribution is 2.23. The van der Waals surface area contributed by atoms with Crippen molar-refractivity contribution in [1.29, 1.82) is 0 Å². The van der Waals surface area contributed by atoms with E-state index in [0.29, 0.717) is 13.0 Å². The predicted octanol–water partition coefficient (Wildman–Crippen LogP) is 2.46. The van der Waals surface area contributed by atoms with E-state index in [2.05, 4.69) is 5.32 Å². The van der Waals surface area contributed by atoms with Gasteiger partial charge < -0.3 is 16.2 Å². The molecule has 0 aromatic heterocycles. The van der Waals surface area contributed by atoms with E-state index in [4.69, 9.17) is 5.73 Å². The van der Waals surface area contributed by atoms with Gasteiger partial charge in [0.2, 0.25) is 0 Å². The lowest BCUT2D eigenvalue weighted by Gasteiger charge is -2.19. The summed E-state index contributed by atoms with van der Waals surface area (Å²) in [6, 6.07) is 13.5. The molecule has 2 aromatic carbocycles. The van der Waals surface area contributed by atoms with Gasteiger partial charge in [-0.1, -0.05) is 30.3 Å². The molecule has 0 heterocycles. The third-order valence-electron chi connectivity index (χ3n) is 3.89. The summed E-state index contributed by atoms with van der Waals surface area (Å²) in [5, 5.41) is 23.4. The van der Waals surface area contributed by atoms with Gasteiger partial charge in [0.25, 0.3) is 11.6 Å². The van der Waals surface area contributed by atoms with Crippen molar-refractivity contribution in [2.45, 2.75) is 25.4 Å². The second-order valence-electron chi connectivity index (χ2n) is 5.93. The lowest BCUT2D eigenvalue weighted by Crippen LogP contribution is -2.29. The normalized spacial score (nSPS) is 13.0. The Labute approximate surface area is 145 Å². The molecule has 0 saturated heterocycles. The van der Waals surface area contributed by atoms with Crippen molar-refractivity contribution in [3.63, 3.8) is 0 Å². The zero-order valence-corrected chi connectivity index (χ0v) is 13.9. The molecule has 1 amide bonds. The van der Waals surface area contributed by atoms with Crippen LogP contribution in [0.1, 0.15) is 35.2 Å². The van der Waals surface area contributed by atoms with Crippen molar-refractivity contribution in [2.75, 3.05) is 12.3 Å². The van der Waals surface area contributed by atoms with Crippen LogP contribution in [0.4, 0.5) is 11.4 Å². The highest BCUT2D eigenvalue weighted by Gasteiger charge is 2.18. The molecule has 0 aliphatic heterocycles. The molecule has 0 aliphatic carbocycles. The van der Waals surface area contributed by atoms with E-state index in [1.807, 2.05) is 30.3 Å². The van der Waals surface area contributed by atoms with Gasteiger partial charge >= 0.3 is 0 Å². The SMILES string of the molecule is CC(O)CC(CNC(=O)c1ccc(N)c([N+](=O)[O-])c1)c1ccccc1. The van der Waals surface area contributed by atoms with Crippen LogP contribution in [0.5, 0.6) is 0 Å². The minimum absolute atomic E-state index is 0.0119. The summed E-state index contributed by atoms with van der Waals surface area (Å²) in [4.78, 5) is 22.6. The van der Waals surface area contributed by atoms with Crippen molar-refractivity contribution in [2.24, 2.45) is 0 Å². The highest BCUT2D eigenvalue weighted by molar-refractivity contribution is 5.95. The lowest BCUT2D eigenvalue weighted by atomic mass is 9.93. The summed E-state index contributed by atoms with van der Waals surface area (Å²) >= 11 is 0. The Balaban J connectivity index is 2.11. The van der Waals surface area contributed by atoms with E-state index < -0.39 is 16.9 Å². The minimum atomic E-state index is -0.619. The van der Waals surface area contributed by atoms with E-state index in [-0.39, 0.29) is 22.9 Å². The number of nitrogens with two attached hydrogens (primary N) is 1. The minimum Gasteiger partial charge on any atom is -0.393 e. The van der Waals surface area contributed by atoms with E-state index in [1.54, 1.807) is 6.92 Å². The first kappa shape index (κ1) is 18.4. The van der Waals surface area contributed by atoms with Gasteiger partial charge in [0.1, 0.15) is 5.69 Å². The molecule has 2 unspecified atom stereocenters. The molecule has 7 heteroatoms. The molecule has 2 rings (SSSR count). The second kappa shape index (κ2) is 8.25. The first-order valence-corrected chi connectivity index (χ1v) is 7.93. The van der Waals surface area contributed by atoms with Crippen molar-refractivity contribution in [3.05, 3.63) is 69.8 Å². The largest absolute Gasteiger partial charge is 0.393 e. The Morgan fingerprint density at radius 2 is 1.96 bits per heavy atom. The Morgan fingerprint density at radius 3 is 2.56 bits per heavy atom. The third kappa shape index (κ3) is 5.02. The molecular weight excluding hydrogens is 322 g/mol. The van der Waals surface area contributed by atoms with Crippen LogP contribution in [-0.4, -0.2) is 28.6 Å². The van der Waals surface area contributed by atoms with Crippen LogP contribution in [-0.2, 0) is 0 Å². The number of aliphatic hydroxyl groups excluding tert-OH is 1. The number of carbonyl (C=O) groups is 1. The van der Waals surface area contributed by atoms with Crippen LogP contribution in [0, 0.1) is 10.1 Å². The summed E-state index contributed by atoms with van der Waals surface area (Å²) in [5.74, 6) is -0.483. The molecule has 2 aromatic rings. The smallest absolute Gasteiger partial charge is 0.292 e. The second-order valence-corrected chi connectivity index (χ2v) is 5.93. The number of benzene rings is 2. The van der Waals surface area contributed by atoms with Gasteiger partial charge in [-0.15, -0.1) is 0 Å². The predicted molar refractivity (Wildman–Crippen MR) is 95.3 cm³/mol. The lowest BCUT2D eigenvalue weighted by molar-refractivity contribution is -0.383. The first-order chi connectivity index (χ1) is 11.9. The number of nitrogens with zero attached hydrogens (tertiary/aromatic N) is 1. The van der Waals surface area contributed by atoms with Crippen LogP contribution in [0.2, 0.25) is 0 Å². The maximum absolute atomic E-state index is 12.3. The van der Waals surface area contributed by atoms with E-state index in [9.17, 15) is 20.0 Å². The number of nitro benzene ring substituents is 1. The Morgan fingerprint density at radius 1 is 1.28 bits per heavy atom. The van der Waals surface area contributed by atoms with Crippen LogP contribution in [0.15, 0.2) is 48.5 Å². The quantitative estimate of drug-likeness (QED) is 0.405. The van der Waals surface area contributed by atoms with E-state index in [0.717, 1.165) is 11.6 Å². The molecule has 0 spiro atoms. The molecule has 0 radical (unpaired) electrons. The first-order valence-electron chi connectivity index (χ1n) is 7.93. The van der Waals surface area contributed by atoms with Gasteiger partial charge in [-0.05, 0) is 31.0 Å². The summed E-state index contributed by atoms with van der Waals surface area (Å²) in [7, 11) is 0. The fourth-order valence-corrected chi connectivity index (χ4v) is 2.64. The van der Waals surface area contributed by atoms with Crippen molar-refractivity contribution in [1.82, 2.24) is 5.32 Å².